The van der Waals surface area contributed by atoms with E-state index in [1.165, 1.54) is 48.5 Å². The van der Waals surface area contributed by atoms with Crippen LogP contribution in [-0.4, -0.2) is 113 Å². The van der Waals surface area contributed by atoms with E-state index in [0.29, 0.717) is 50.4 Å². The maximum Gasteiger partial charge on any atom is 0.343 e. The summed E-state index contributed by atoms with van der Waals surface area (Å²) < 4.78 is 64.1. The van der Waals surface area contributed by atoms with Gasteiger partial charge in [0.15, 0.2) is 0 Å². The Morgan fingerprint density at radius 1 is 0.369 bits per heavy atom. The van der Waals surface area contributed by atoms with Gasteiger partial charge < -0.3 is 56.8 Å². The van der Waals surface area contributed by atoms with Crippen molar-refractivity contribution in [3.63, 3.8) is 0 Å². The van der Waals surface area contributed by atoms with E-state index in [-0.39, 0.29) is 111 Å². The molecule has 0 unspecified atom stereocenters. The van der Waals surface area contributed by atoms with Crippen LogP contribution in [0.15, 0.2) is 136 Å². The minimum atomic E-state index is -1.01. The van der Waals surface area contributed by atoms with Crippen molar-refractivity contribution in [3.05, 3.63) is 158 Å². The highest BCUT2D eigenvalue weighted by atomic mass is 16.6. The number of carbonyl (C=O) groups is 10. The van der Waals surface area contributed by atoms with Crippen LogP contribution in [0.4, 0.5) is 0 Å². The zero-order valence-corrected chi connectivity index (χ0v) is 46.7. The summed E-state index contributed by atoms with van der Waals surface area (Å²) in [5.41, 5.74) is -0.410. The summed E-state index contributed by atoms with van der Waals surface area (Å²) in [5.74, 6) is -8.78. The minimum Gasteiger partial charge on any atom is -0.494 e. The monoisotopic (exact) mass is 1160 g/mol. The van der Waals surface area contributed by atoms with E-state index in [9.17, 15) is 47.9 Å². The number of ether oxygens (including phenoxy) is 12. The number of benzene rings is 4. The fraction of sp³-hybridized carbons (Fsp3) is 0.323. The van der Waals surface area contributed by atoms with Gasteiger partial charge in [-0.25, -0.2) is 38.4 Å². The van der Waals surface area contributed by atoms with Crippen molar-refractivity contribution in [1.82, 2.24) is 0 Å². The van der Waals surface area contributed by atoms with Crippen LogP contribution in [0, 0.1) is 11.8 Å². The van der Waals surface area contributed by atoms with Crippen LogP contribution in [0.1, 0.15) is 107 Å². The van der Waals surface area contributed by atoms with Crippen molar-refractivity contribution < 1.29 is 105 Å². The normalized spacial score (nSPS) is 13.0. The Bertz CT molecular complexity index is 2750. The molecule has 0 heterocycles. The predicted molar refractivity (Wildman–Crippen MR) is 298 cm³/mol. The third-order valence-corrected chi connectivity index (χ3v) is 11.6. The molecule has 0 N–H and O–H groups in total. The number of esters is 10. The van der Waals surface area contributed by atoms with Gasteiger partial charge in [-0.15, -0.1) is 0 Å². The molecule has 0 saturated heterocycles. The fourth-order valence-electron chi connectivity index (χ4n) is 7.38. The van der Waals surface area contributed by atoms with Gasteiger partial charge in [-0.2, -0.15) is 0 Å². The number of hydrogen-bond acceptors (Lipinski definition) is 22. The van der Waals surface area contributed by atoms with E-state index < -0.39 is 71.5 Å². The van der Waals surface area contributed by atoms with Gasteiger partial charge in [-0.05, 0) is 136 Å². The smallest absolute Gasteiger partial charge is 0.343 e. The van der Waals surface area contributed by atoms with Crippen LogP contribution in [0.5, 0.6) is 34.5 Å². The van der Waals surface area contributed by atoms with E-state index in [1.807, 2.05) is 13.8 Å². The maximum atomic E-state index is 13.5. The minimum absolute atomic E-state index is 0.0977. The highest BCUT2D eigenvalue weighted by Gasteiger charge is 2.33. The van der Waals surface area contributed by atoms with Gasteiger partial charge in [0.2, 0.25) is 0 Å². The third kappa shape index (κ3) is 22.9. The van der Waals surface area contributed by atoms with Crippen LogP contribution in [0.3, 0.4) is 0 Å². The molecule has 22 nitrogen and oxygen atoms in total. The molecule has 1 saturated carbocycles. The molecule has 1 aliphatic carbocycles. The molecule has 4 aromatic rings. The SMILES string of the molecule is C=CC(=O)OCCCCOc1ccc(C(=O)Oc2ccc(OC(=O)C3CCC(C(=O)Oc4ccc(OC(=O)c5ccc(OCCCCOC(=O)C=C)cc5)c(C(=O)OCCOC(=O)C=C)c4)CC3)cc2C(=O)OCCOC(=O)C=C)cc1.CC. The first-order valence-corrected chi connectivity index (χ1v) is 26.7. The molecule has 446 valence electrons. The summed E-state index contributed by atoms with van der Waals surface area (Å²) in [4.78, 5) is 126. The standard InChI is InChI=1S/C60H60O22.C2H6/c1-5-51(61)73-31-11-9-29-71-43-21-17-41(18-22-43)57(67)81-49-27-25-45(37-47(49)59(69)77-35-33-75-53(63)7-3)79-55(65)39-13-15-40(16-14-39)56(66)80-46-26-28-50(48(38-46)60(70)78-36-34-76-54(64)8-4)82-58(68)42-19-23-44(24-20-42)72-30-10-12-32-74-52(62)6-2;1-2/h5-8,17-28,37-40H,1-4,9-16,29-36H2;1-2H3. The van der Waals surface area contributed by atoms with Crippen molar-refractivity contribution in [2.24, 2.45) is 11.8 Å². The lowest BCUT2D eigenvalue weighted by atomic mass is 9.82. The van der Waals surface area contributed by atoms with E-state index in [1.54, 1.807) is 24.3 Å². The van der Waals surface area contributed by atoms with E-state index in [2.05, 4.69) is 26.3 Å². The van der Waals surface area contributed by atoms with E-state index >= 15 is 0 Å². The van der Waals surface area contributed by atoms with Crippen LogP contribution in [0.2, 0.25) is 0 Å². The largest absolute Gasteiger partial charge is 0.494 e. The fourth-order valence-corrected chi connectivity index (χ4v) is 7.38. The second-order valence-electron chi connectivity index (χ2n) is 17.4. The Hall–Kier alpha value is -9.86. The van der Waals surface area contributed by atoms with Crippen LogP contribution >= 0.6 is 0 Å². The molecule has 0 amide bonds. The zero-order valence-electron chi connectivity index (χ0n) is 46.7. The second-order valence-corrected chi connectivity index (χ2v) is 17.4. The molecule has 0 bridgehead atoms. The molecule has 4 aromatic carbocycles. The van der Waals surface area contributed by atoms with Crippen molar-refractivity contribution in [3.8, 4) is 34.5 Å². The Labute approximate surface area is 485 Å². The van der Waals surface area contributed by atoms with Crippen molar-refractivity contribution >= 4 is 59.7 Å². The summed E-state index contributed by atoms with van der Waals surface area (Å²) in [7, 11) is 0. The van der Waals surface area contributed by atoms with Gasteiger partial charge in [0.05, 0.1) is 49.4 Å². The Morgan fingerprint density at radius 2 is 0.667 bits per heavy atom. The van der Waals surface area contributed by atoms with Gasteiger partial charge >= 0.3 is 59.7 Å². The molecule has 1 aliphatic rings. The maximum absolute atomic E-state index is 13.5. The molecule has 84 heavy (non-hydrogen) atoms. The van der Waals surface area contributed by atoms with Gasteiger partial charge in [0.1, 0.15) is 72.1 Å². The van der Waals surface area contributed by atoms with Crippen molar-refractivity contribution in [2.45, 2.75) is 65.2 Å². The lowest BCUT2D eigenvalue weighted by Gasteiger charge is -2.26. The van der Waals surface area contributed by atoms with Gasteiger partial charge in [0, 0.05) is 24.3 Å². The number of unbranched alkanes of at least 4 members (excludes halogenated alkanes) is 2. The number of hydrogen-bond donors (Lipinski definition) is 0. The Kier molecular flexibility index (Phi) is 28.9. The molecule has 0 spiro atoms. The van der Waals surface area contributed by atoms with Gasteiger partial charge in [0.25, 0.3) is 0 Å². The number of rotatable bonds is 32. The van der Waals surface area contributed by atoms with E-state index in [4.69, 9.17) is 56.8 Å². The second kappa shape index (κ2) is 36.5. The molecule has 0 aromatic heterocycles. The molecule has 0 radical (unpaired) electrons. The van der Waals surface area contributed by atoms with E-state index in [0.717, 1.165) is 36.4 Å². The molecule has 0 aliphatic heterocycles. The molecule has 5 rings (SSSR count). The average Bonchev–Trinajstić information content (AvgIpc) is 3.52. The molecule has 1 fully saturated rings. The van der Waals surface area contributed by atoms with Gasteiger partial charge in [-0.1, -0.05) is 40.2 Å². The van der Waals surface area contributed by atoms with Gasteiger partial charge in [-0.3, -0.25) is 9.59 Å². The Balaban J connectivity index is 0.00000748. The zero-order chi connectivity index (χ0) is 61.2. The average molecular weight is 1160 g/mol. The van der Waals surface area contributed by atoms with Crippen LogP contribution in [-0.2, 0) is 57.2 Å². The molecule has 22 heteroatoms. The predicted octanol–water partition coefficient (Wildman–Crippen LogP) is 9.02. The third-order valence-electron chi connectivity index (χ3n) is 11.6. The van der Waals surface area contributed by atoms with Crippen molar-refractivity contribution in [2.75, 3.05) is 52.9 Å². The summed E-state index contributed by atoms with van der Waals surface area (Å²) in [5, 5.41) is 0. The molecular weight excluding hydrogens is 1100 g/mol. The lowest BCUT2D eigenvalue weighted by molar-refractivity contribution is -0.145. The summed E-state index contributed by atoms with van der Waals surface area (Å²) in [6.45, 7) is 16.9. The molecular formula is C62H66O22. The summed E-state index contributed by atoms with van der Waals surface area (Å²) >= 11 is 0. The molecule has 0 atom stereocenters. The lowest BCUT2D eigenvalue weighted by Crippen LogP contribution is -2.30. The first-order chi connectivity index (χ1) is 40.6. The highest BCUT2D eigenvalue weighted by Crippen LogP contribution is 2.34. The quantitative estimate of drug-likeness (QED) is 0.0145. The van der Waals surface area contributed by atoms with Crippen molar-refractivity contribution in [1.29, 1.82) is 0 Å². The summed E-state index contributed by atoms with van der Waals surface area (Å²) in [6, 6.07) is 19.4. The Morgan fingerprint density at radius 3 is 1.00 bits per heavy atom. The first-order valence-electron chi connectivity index (χ1n) is 26.7. The van der Waals surface area contributed by atoms with Crippen LogP contribution < -0.4 is 28.4 Å². The highest BCUT2D eigenvalue weighted by molar-refractivity contribution is 5.98. The first kappa shape index (κ1) is 66.7. The topological polar surface area (TPSA) is 281 Å². The number of carbonyl (C=O) groups excluding carboxylic acids is 10. The summed E-state index contributed by atoms with van der Waals surface area (Å²) in [6.07, 6.45) is 7.06. The van der Waals surface area contributed by atoms with Crippen LogP contribution in [0.25, 0.3) is 0 Å².